The number of fused-ring (bicyclic) bond motifs is 8. The Labute approximate surface area is 391 Å². The molecule has 11 rings (SSSR count). The summed E-state index contributed by atoms with van der Waals surface area (Å²) >= 11 is 0. The molecule has 66 heavy (non-hydrogen) atoms. The Kier molecular flexibility index (Phi) is 12.4. The Balaban J connectivity index is 0.000000227. The number of nitrogens with zero attached hydrogens (tertiary/aromatic N) is 2. The van der Waals surface area contributed by atoms with Gasteiger partial charge in [-0.15, -0.1) is 0 Å². The van der Waals surface area contributed by atoms with Gasteiger partial charge in [0.05, 0.1) is 22.4 Å². The van der Waals surface area contributed by atoms with Gasteiger partial charge in [-0.2, -0.15) is 0 Å². The highest BCUT2D eigenvalue weighted by atomic mass is 15.1. The molecule has 0 saturated carbocycles. The van der Waals surface area contributed by atoms with Crippen molar-refractivity contribution < 1.29 is 0 Å². The van der Waals surface area contributed by atoms with Gasteiger partial charge in [0.15, 0.2) is 0 Å². The quantitative estimate of drug-likeness (QED) is 0.155. The number of allylic oxidation sites excluding steroid dienone is 1. The molecule has 0 fully saturated rings. The van der Waals surface area contributed by atoms with Crippen LogP contribution >= 0.6 is 0 Å². The molecule has 0 radical (unpaired) electrons. The summed E-state index contributed by atoms with van der Waals surface area (Å²) in [7, 11) is 0. The van der Waals surface area contributed by atoms with E-state index in [4.69, 9.17) is 0 Å². The van der Waals surface area contributed by atoms with Crippen molar-refractivity contribution in [2.24, 2.45) is 0 Å². The molecule has 1 aliphatic rings. The molecular weight excluding hydrogens is 797 g/mol. The van der Waals surface area contributed by atoms with E-state index in [-0.39, 0.29) is 5.41 Å². The van der Waals surface area contributed by atoms with Gasteiger partial charge in [0.2, 0.25) is 0 Å². The Morgan fingerprint density at radius 3 is 1.85 bits per heavy atom. The van der Waals surface area contributed by atoms with E-state index in [1.807, 2.05) is 31.2 Å². The zero-order valence-electron chi connectivity index (χ0n) is 39.1. The van der Waals surface area contributed by atoms with Gasteiger partial charge < -0.3 is 9.47 Å². The van der Waals surface area contributed by atoms with Crippen LogP contribution in [0.1, 0.15) is 66.6 Å². The van der Waals surface area contributed by atoms with Crippen molar-refractivity contribution in [1.29, 1.82) is 0 Å². The second kappa shape index (κ2) is 18.8. The molecule has 324 valence electrons. The molecular formula is C64H58N2. The van der Waals surface area contributed by atoms with Gasteiger partial charge in [-0.1, -0.05) is 208 Å². The first-order chi connectivity index (χ1) is 32.2. The maximum Gasteiger partial charge on any atom is 0.0562 e. The number of rotatable bonds is 7. The summed E-state index contributed by atoms with van der Waals surface area (Å²) in [5, 5.41) is 5.03. The van der Waals surface area contributed by atoms with E-state index < -0.39 is 0 Å². The molecule has 0 unspecified atom stereocenters. The molecule has 0 saturated heterocycles. The van der Waals surface area contributed by atoms with Crippen LogP contribution in [0.4, 0.5) is 17.1 Å². The average molecular weight is 855 g/mol. The van der Waals surface area contributed by atoms with Crippen LogP contribution in [-0.4, -0.2) is 4.57 Å². The molecule has 9 aromatic carbocycles. The van der Waals surface area contributed by atoms with Crippen molar-refractivity contribution >= 4 is 61.8 Å². The van der Waals surface area contributed by atoms with Gasteiger partial charge in [0.1, 0.15) is 0 Å². The van der Waals surface area contributed by atoms with Crippen LogP contribution in [0.3, 0.4) is 0 Å². The fourth-order valence-corrected chi connectivity index (χ4v) is 9.91. The van der Waals surface area contributed by atoms with E-state index in [1.54, 1.807) is 0 Å². The van der Waals surface area contributed by atoms with Crippen molar-refractivity contribution in [2.45, 2.75) is 53.4 Å². The van der Waals surface area contributed by atoms with Crippen molar-refractivity contribution in [3.8, 4) is 16.8 Å². The minimum absolute atomic E-state index is 0.132. The van der Waals surface area contributed by atoms with Crippen LogP contribution in [0, 0.1) is 13.8 Å². The predicted molar refractivity (Wildman–Crippen MR) is 287 cm³/mol. The molecule has 0 bridgehead atoms. The zero-order valence-corrected chi connectivity index (χ0v) is 39.1. The van der Waals surface area contributed by atoms with E-state index in [9.17, 15) is 0 Å². The van der Waals surface area contributed by atoms with Gasteiger partial charge in [0, 0.05) is 32.9 Å². The lowest BCUT2D eigenvalue weighted by atomic mass is 9.81. The zero-order chi connectivity index (χ0) is 45.8. The summed E-state index contributed by atoms with van der Waals surface area (Å²) in [5.74, 6) is 0. The second-order valence-corrected chi connectivity index (χ2v) is 17.7. The van der Waals surface area contributed by atoms with Crippen molar-refractivity contribution in [2.75, 3.05) is 4.90 Å². The molecule has 1 aromatic heterocycles. The first kappa shape index (κ1) is 43.6. The lowest BCUT2D eigenvalue weighted by molar-refractivity contribution is 0.660. The Hall–Kier alpha value is -7.68. The highest BCUT2D eigenvalue weighted by molar-refractivity contribution is 6.18. The van der Waals surface area contributed by atoms with Gasteiger partial charge in [-0.3, -0.25) is 0 Å². The number of aromatic nitrogens is 1. The summed E-state index contributed by atoms with van der Waals surface area (Å²) in [4.78, 5) is 2.50. The molecule has 10 aromatic rings. The maximum absolute atomic E-state index is 3.82. The van der Waals surface area contributed by atoms with Crippen LogP contribution in [-0.2, 0) is 11.8 Å². The lowest BCUT2D eigenvalue weighted by Gasteiger charge is -2.30. The summed E-state index contributed by atoms with van der Waals surface area (Å²) in [6.07, 6.45) is 7.20. The summed E-state index contributed by atoms with van der Waals surface area (Å²) < 4.78 is 2.40. The monoisotopic (exact) mass is 854 g/mol. The highest BCUT2D eigenvalue weighted by Gasteiger charge is 2.38. The largest absolute Gasteiger partial charge is 0.309 e. The number of aryl methyl sites for hydroxylation is 3. The molecule has 0 amide bonds. The van der Waals surface area contributed by atoms with Crippen molar-refractivity contribution in [3.63, 3.8) is 0 Å². The number of para-hydroxylation sites is 3. The Morgan fingerprint density at radius 1 is 0.561 bits per heavy atom. The Bertz CT molecular complexity index is 3350. The van der Waals surface area contributed by atoms with E-state index in [2.05, 4.69) is 245 Å². The molecule has 2 heteroatoms. The fourth-order valence-electron chi connectivity index (χ4n) is 9.91. The molecule has 1 heterocycles. The lowest BCUT2D eigenvalue weighted by Crippen LogP contribution is -2.17. The van der Waals surface area contributed by atoms with E-state index in [0.29, 0.717) is 0 Å². The molecule has 1 aliphatic carbocycles. The van der Waals surface area contributed by atoms with Gasteiger partial charge in [0.25, 0.3) is 0 Å². The van der Waals surface area contributed by atoms with Crippen LogP contribution in [0.25, 0.3) is 61.5 Å². The SMILES string of the molecule is C=Cc1cccc(CC)c1/C=C\C.Cc1ccc2c(c1)C(C)(C)c1cc(N(c3ccccc3)c3cccc4c3c3ccccc3n4-c3ccccc3)c3ccccc3c1-2.Cc1ccccc1. The van der Waals surface area contributed by atoms with E-state index >= 15 is 0 Å². The van der Waals surface area contributed by atoms with E-state index in [1.165, 1.54) is 94.0 Å². The first-order valence-corrected chi connectivity index (χ1v) is 23.2. The Morgan fingerprint density at radius 2 is 1.18 bits per heavy atom. The summed E-state index contributed by atoms with van der Waals surface area (Å²) in [6, 6.07) is 72.2. The number of hydrogen-bond acceptors (Lipinski definition) is 1. The molecule has 0 atom stereocenters. The van der Waals surface area contributed by atoms with Crippen LogP contribution in [0.15, 0.2) is 213 Å². The predicted octanol–water partition coefficient (Wildman–Crippen LogP) is 17.9. The molecule has 0 spiro atoms. The summed E-state index contributed by atoms with van der Waals surface area (Å²) in [5.41, 5.74) is 19.0. The average Bonchev–Trinajstić information content (AvgIpc) is 3.81. The minimum atomic E-state index is -0.132. The summed E-state index contributed by atoms with van der Waals surface area (Å²) in [6.45, 7) is 17.1. The van der Waals surface area contributed by atoms with Crippen LogP contribution < -0.4 is 4.90 Å². The van der Waals surface area contributed by atoms with Crippen molar-refractivity contribution in [1.82, 2.24) is 4.57 Å². The standard InChI is InChI=1S/C44H34N2.C13H16.C7H8/c1-29-25-26-34-36(27-29)44(2,3)37-28-41(32-19-10-11-20-33(32)42(34)37)46(31-17-8-5-9-18-31)40-24-14-23-39-43(40)35-21-12-13-22-38(35)45(39)30-15-6-4-7-16-30;1-4-8-13-11(5-2)9-7-10-12(13)6-3;1-7-5-3-2-4-6-7/h4-28H,1-3H3;4-5,7-10H,2,6H2,1,3H3;2-6H,1H3/b;8-4-;. The molecule has 2 nitrogen and oxygen atoms in total. The fraction of sp³-hybridized carbons (Fsp3) is 0.125. The van der Waals surface area contributed by atoms with Crippen LogP contribution in [0.2, 0.25) is 0 Å². The highest BCUT2D eigenvalue weighted by Crippen LogP contribution is 2.55. The molecule has 0 aliphatic heterocycles. The van der Waals surface area contributed by atoms with Crippen molar-refractivity contribution in [3.05, 3.63) is 252 Å². The smallest absolute Gasteiger partial charge is 0.0562 e. The normalized spacial score (nSPS) is 12.3. The van der Waals surface area contributed by atoms with Gasteiger partial charge in [-0.25, -0.2) is 0 Å². The van der Waals surface area contributed by atoms with Gasteiger partial charge in [-0.05, 0) is 120 Å². The van der Waals surface area contributed by atoms with Crippen LogP contribution in [0.5, 0.6) is 0 Å². The third-order valence-corrected chi connectivity index (χ3v) is 13.1. The number of benzene rings is 9. The number of hydrogen-bond donors (Lipinski definition) is 0. The first-order valence-electron chi connectivity index (χ1n) is 23.2. The molecule has 0 N–H and O–H groups in total. The number of anilines is 3. The topological polar surface area (TPSA) is 8.17 Å². The minimum Gasteiger partial charge on any atom is -0.309 e. The van der Waals surface area contributed by atoms with E-state index in [0.717, 1.165) is 17.8 Å². The third-order valence-electron chi connectivity index (χ3n) is 13.1. The van der Waals surface area contributed by atoms with Gasteiger partial charge >= 0.3 is 0 Å². The second-order valence-electron chi connectivity index (χ2n) is 17.7. The third kappa shape index (κ3) is 8.05. The maximum atomic E-state index is 3.82.